The first-order valence-electron chi connectivity index (χ1n) is 6.65. The summed E-state index contributed by atoms with van der Waals surface area (Å²) in [7, 11) is 0. The van der Waals surface area contributed by atoms with Crippen LogP contribution in [0.4, 0.5) is 13.2 Å². The Balaban J connectivity index is 2.13. The average molecular weight is 305 g/mol. The van der Waals surface area contributed by atoms with Crippen LogP contribution in [-0.4, -0.2) is 25.0 Å². The van der Waals surface area contributed by atoms with Crippen molar-refractivity contribution in [3.8, 4) is 0 Å². The van der Waals surface area contributed by atoms with E-state index in [9.17, 15) is 13.2 Å². The summed E-state index contributed by atoms with van der Waals surface area (Å²) >= 11 is 1.22. The second-order valence-electron chi connectivity index (χ2n) is 4.81. The second-order valence-corrected chi connectivity index (χ2v) is 5.87. The van der Waals surface area contributed by atoms with E-state index in [4.69, 9.17) is 10.5 Å². The number of thioether (sulfide) groups is 1. The van der Waals surface area contributed by atoms with Crippen LogP contribution in [0.15, 0.2) is 23.1 Å². The Morgan fingerprint density at radius 2 is 2.15 bits per heavy atom. The Labute approximate surface area is 120 Å². The molecule has 1 saturated heterocycles. The lowest BCUT2D eigenvalue weighted by Crippen LogP contribution is -2.12. The van der Waals surface area contributed by atoms with Gasteiger partial charge in [0.1, 0.15) is 0 Å². The first-order valence-corrected chi connectivity index (χ1v) is 7.64. The lowest BCUT2D eigenvalue weighted by Gasteiger charge is -2.15. The van der Waals surface area contributed by atoms with Gasteiger partial charge in [-0.05, 0) is 43.5 Å². The van der Waals surface area contributed by atoms with E-state index in [2.05, 4.69) is 0 Å². The quantitative estimate of drug-likeness (QED) is 0.846. The fraction of sp³-hybridized carbons (Fsp3) is 0.571. The molecule has 1 unspecified atom stereocenters. The number of ether oxygens (including phenoxy) is 1. The van der Waals surface area contributed by atoms with E-state index in [0.717, 1.165) is 12.8 Å². The Hall–Kier alpha value is -0.720. The summed E-state index contributed by atoms with van der Waals surface area (Å²) in [5.74, 6) is 0.569. The molecule has 6 heteroatoms. The van der Waals surface area contributed by atoms with Gasteiger partial charge in [0.25, 0.3) is 0 Å². The van der Waals surface area contributed by atoms with Gasteiger partial charge >= 0.3 is 6.18 Å². The lowest BCUT2D eigenvalue weighted by molar-refractivity contribution is -0.139. The third kappa shape index (κ3) is 4.14. The zero-order chi connectivity index (χ0) is 14.6. The van der Waals surface area contributed by atoms with Crippen molar-refractivity contribution in [3.63, 3.8) is 0 Å². The van der Waals surface area contributed by atoms with Crippen LogP contribution in [0.3, 0.4) is 0 Å². The Morgan fingerprint density at radius 3 is 2.75 bits per heavy atom. The van der Waals surface area contributed by atoms with Crippen LogP contribution in [0.1, 0.15) is 24.0 Å². The number of rotatable bonds is 5. The van der Waals surface area contributed by atoms with Crippen molar-refractivity contribution in [1.29, 1.82) is 0 Å². The molecule has 2 nitrogen and oxygen atoms in total. The molecule has 0 saturated carbocycles. The molecule has 1 heterocycles. The van der Waals surface area contributed by atoms with E-state index in [1.165, 1.54) is 17.8 Å². The summed E-state index contributed by atoms with van der Waals surface area (Å²) in [4.78, 5) is 0.272. The molecule has 112 valence electrons. The Bertz CT molecular complexity index is 445. The summed E-state index contributed by atoms with van der Waals surface area (Å²) in [6, 6.07) is 4.48. The van der Waals surface area contributed by atoms with Gasteiger partial charge in [-0.15, -0.1) is 11.8 Å². The van der Waals surface area contributed by atoms with E-state index in [0.29, 0.717) is 30.9 Å². The number of halogens is 3. The molecule has 2 N–H and O–H groups in total. The largest absolute Gasteiger partial charge is 0.417 e. The average Bonchev–Trinajstić information content (AvgIpc) is 2.89. The normalized spacial score (nSPS) is 19.5. The minimum absolute atomic E-state index is 0.0739. The van der Waals surface area contributed by atoms with E-state index in [1.807, 2.05) is 0 Å². The van der Waals surface area contributed by atoms with Crippen LogP contribution in [0, 0.1) is 0 Å². The molecular formula is C14H18F3NOS. The van der Waals surface area contributed by atoms with Crippen LogP contribution >= 0.6 is 11.8 Å². The number of nitrogens with two attached hydrogens (primary N) is 1. The molecule has 0 aromatic heterocycles. The summed E-state index contributed by atoms with van der Waals surface area (Å²) in [5.41, 5.74) is 5.46. The van der Waals surface area contributed by atoms with Crippen molar-refractivity contribution >= 4 is 11.8 Å². The fourth-order valence-corrected chi connectivity index (χ4v) is 3.33. The Kier molecular flexibility index (Phi) is 5.35. The summed E-state index contributed by atoms with van der Waals surface area (Å²) in [6.45, 7) is 1.06. The van der Waals surface area contributed by atoms with Crippen molar-refractivity contribution in [2.45, 2.75) is 36.4 Å². The summed E-state index contributed by atoms with van der Waals surface area (Å²) in [6.07, 6.45) is -1.87. The molecule has 0 bridgehead atoms. The molecule has 2 rings (SSSR count). The van der Waals surface area contributed by atoms with Gasteiger partial charge in [-0.3, -0.25) is 0 Å². The van der Waals surface area contributed by atoms with Crippen molar-refractivity contribution in [1.82, 2.24) is 0 Å². The van der Waals surface area contributed by atoms with Crippen molar-refractivity contribution in [3.05, 3.63) is 29.3 Å². The standard InChI is InChI=1S/C14H18F3NOS/c15-14(16,17)12-8-10(5-6-18)3-4-13(12)20-9-11-2-1-7-19-11/h3-4,8,11H,1-2,5-7,9,18H2. The first kappa shape index (κ1) is 15.7. The smallest absolute Gasteiger partial charge is 0.377 e. The zero-order valence-corrected chi connectivity index (χ0v) is 11.9. The molecule has 1 aliphatic rings. The summed E-state index contributed by atoms with van der Waals surface area (Å²) in [5, 5.41) is 0. The fourth-order valence-electron chi connectivity index (χ4n) is 2.21. The molecule has 0 spiro atoms. The molecular weight excluding hydrogens is 287 g/mol. The molecule has 1 aliphatic heterocycles. The highest BCUT2D eigenvalue weighted by atomic mass is 32.2. The third-order valence-electron chi connectivity index (χ3n) is 3.23. The zero-order valence-electron chi connectivity index (χ0n) is 11.1. The predicted octanol–water partition coefficient (Wildman–Crippen LogP) is 3.48. The molecule has 1 aromatic rings. The number of hydrogen-bond donors (Lipinski definition) is 1. The topological polar surface area (TPSA) is 35.2 Å². The van der Waals surface area contributed by atoms with Crippen molar-refractivity contribution in [2.75, 3.05) is 18.9 Å². The van der Waals surface area contributed by atoms with Crippen molar-refractivity contribution in [2.24, 2.45) is 5.73 Å². The van der Waals surface area contributed by atoms with Gasteiger partial charge in [0.2, 0.25) is 0 Å². The van der Waals surface area contributed by atoms with Gasteiger partial charge in [-0.2, -0.15) is 13.2 Å². The number of alkyl halides is 3. The maximum atomic E-state index is 13.1. The van der Waals surface area contributed by atoms with Gasteiger partial charge in [0, 0.05) is 17.3 Å². The Morgan fingerprint density at radius 1 is 1.35 bits per heavy atom. The van der Waals surface area contributed by atoms with E-state index < -0.39 is 11.7 Å². The van der Waals surface area contributed by atoms with Gasteiger partial charge in [-0.1, -0.05) is 6.07 Å². The lowest BCUT2D eigenvalue weighted by atomic mass is 10.1. The minimum Gasteiger partial charge on any atom is -0.377 e. The molecule has 1 fully saturated rings. The van der Waals surface area contributed by atoms with Gasteiger partial charge < -0.3 is 10.5 Å². The SMILES string of the molecule is NCCc1ccc(SCC2CCCO2)c(C(F)(F)F)c1. The van der Waals surface area contributed by atoms with Crippen molar-refractivity contribution < 1.29 is 17.9 Å². The van der Waals surface area contributed by atoms with Crippen LogP contribution in [0.25, 0.3) is 0 Å². The maximum absolute atomic E-state index is 13.1. The van der Waals surface area contributed by atoms with Crippen LogP contribution in [0.5, 0.6) is 0 Å². The monoisotopic (exact) mass is 305 g/mol. The molecule has 1 aromatic carbocycles. The van der Waals surface area contributed by atoms with E-state index in [1.54, 1.807) is 12.1 Å². The molecule has 0 amide bonds. The predicted molar refractivity (Wildman–Crippen MR) is 73.9 cm³/mol. The number of hydrogen-bond acceptors (Lipinski definition) is 3. The highest BCUT2D eigenvalue weighted by Crippen LogP contribution is 2.38. The minimum atomic E-state index is -4.33. The molecule has 0 aliphatic carbocycles. The third-order valence-corrected chi connectivity index (χ3v) is 4.44. The second kappa shape index (κ2) is 6.83. The van der Waals surface area contributed by atoms with Crippen LogP contribution < -0.4 is 5.73 Å². The maximum Gasteiger partial charge on any atom is 0.417 e. The first-order chi connectivity index (χ1) is 9.50. The molecule has 20 heavy (non-hydrogen) atoms. The van der Waals surface area contributed by atoms with E-state index >= 15 is 0 Å². The number of benzene rings is 1. The van der Waals surface area contributed by atoms with Gasteiger partial charge in [0.05, 0.1) is 11.7 Å². The van der Waals surface area contributed by atoms with Gasteiger partial charge in [-0.25, -0.2) is 0 Å². The highest BCUT2D eigenvalue weighted by Gasteiger charge is 2.34. The van der Waals surface area contributed by atoms with Crippen LogP contribution in [0.2, 0.25) is 0 Å². The highest BCUT2D eigenvalue weighted by molar-refractivity contribution is 7.99. The molecule has 1 atom stereocenters. The summed E-state index contributed by atoms with van der Waals surface area (Å²) < 4.78 is 44.7. The molecule has 0 radical (unpaired) electrons. The van der Waals surface area contributed by atoms with Gasteiger partial charge in [0.15, 0.2) is 0 Å². The van der Waals surface area contributed by atoms with Crippen LogP contribution in [-0.2, 0) is 17.3 Å². The van der Waals surface area contributed by atoms with E-state index in [-0.39, 0.29) is 11.0 Å².